The lowest BCUT2D eigenvalue weighted by molar-refractivity contribution is -0.137. The van der Waals surface area contributed by atoms with Gasteiger partial charge in [0, 0.05) is 20.6 Å². The van der Waals surface area contributed by atoms with Crippen LogP contribution < -0.4 is 0 Å². The maximum absolute atomic E-state index is 12.8. The van der Waals surface area contributed by atoms with Gasteiger partial charge in [0.1, 0.15) is 0 Å². The van der Waals surface area contributed by atoms with Crippen LogP contribution in [0.3, 0.4) is 0 Å². The van der Waals surface area contributed by atoms with E-state index in [1.807, 2.05) is 0 Å². The highest BCUT2D eigenvalue weighted by Gasteiger charge is 2.44. The second-order valence-corrected chi connectivity index (χ2v) is 7.26. The van der Waals surface area contributed by atoms with Crippen LogP contribution in [0.25, 0.3) is 0 Å². The Kier molecular flexibility index (Phi) is 6.98. The van der Waals surface area contributed by atoms with Crippen molar-refractivity contribution in [1.82, 2.24) is 0 Å². The predicted octanol–water partition coefficient (Wildman–Crippen LogP) is 5.04. The predicted molar refractivity (Wildman–Crippen MR) is 82.7 cm³/mol. The van der Waals surface area contributed by atoms with Gasteiger partial charge in [0.15, 0.2) is 5.66 Å². The lowest BCUT2D eigenvalue weighted by Gasteiger charge is -2.25. The molecule has 9 heteroatoms. The van der Waals surface area contributed by atoms with Crippen LogP contribution in [0.2, 0.25) is 15.1 Å². The van der Waals surface area contributed by atoms with Crippen molar-refractivity contribution in [3.63, 3.8) is 0 Å². The third-order valence-corrected chi connectivity index (χ3v) is 5.68. The molecule has 0 heterocycles. The van der Waals surface area contributed by atoms with Gasteiger partial charge in [-0.15, -0.1) is 0 Å². The van der Waals surface area contributed by atoms with E-state index in [-0.39, 0.29) is 33.8 Å². The van der Waals surface area contributed by atoms with Crippen molar-refractivity contribution in [3.8, 4) is 0 Å². The summed E-state index contributed by atoms with van der Waals surface area (Å²) in [6, 6.07) is 2.64. The Bertz CT molecular complexity index is 545. The SMILES string of the molecule is CCOP(=O)(OCC)C(C(=O)O)c1c(Cl)cc(Cl)cc1Cl. The van der Waals surface area contributed by atoms with Crippen molar-refractivity contribution in [2.45, 2.75) is 19.5 Å². The second-order valence-electron chi connectivity index (χ2n) is 3.90. The summed E-state index contributed by atoms with van der Waals surface area (Å²) in [5, 5.41) is 9.66. The van der Waals surface area contributed by atoms with Gasteiger partial charge in [-0.05, 0) is 26.0 Å². The van der Waals surface area contributed by atoms with Gasteiger partial charge in [0.05, 0.1) is 13.2 Å². The van der Waals surface area contributed by atoms with Gasteiger partial charge >= 0.3 is 13.6 Å². The first-order valence-corrected chi connectivity index (χ1v) is 8.77. The lowest BCUT2D eigenvalue weighted by atomic mass is 10.1. The van der Waals surface area contributed by atoms with Crippen LogP contribution in [0.5, 0.6) is 0 Å². The monoisotopic (exact) mass is 374 g/mol. The van der Waals surface area contributed by atoms with Gasteiger partial charge in [-0.3, -0.25) is 9.36 Å². The van der Waals surface area contributed by atoms with E-state index in [2.05, 4.69) is 0 Å². The molecule has 1 atom stereocenters. The van der Waals surface area contributed by atoms with E-state index in [9.17, 15) is 14.5 Å². The first-order chi connectivity index (χ1) is 9.76. The van der Waals surface area contributed by atoms with Gasteiger partial charge in [-0.2, -0.15) is 0 Å². The van der Waals surface area contributed by atoms with Gasteiger partial charge in [0.25, 0.3) is 0 Å². The summed E-state index contributed by atoms with van der Waals surface area (Å²) in [6.45, 7) is 3.19. The number of carboxylic acids is 1. The van der Waals surface area contributed by atoms with Crippen molar-refractivity contribution < 1.29 is 23.5 Å². The number of halogens is 3. The molecule has 1 rings (SSSR count). The highest BCUT2D eigenvalue weighted by molar-refractivity contribution is 7.55. The quantitative estimate of drug-likeness (QED) is 0.676. The van der Waals surface area contributed by atoms with Gasteiger partial charge in [-0.1, -0.05) is 34.8 Å². The van der Waals surface area contributed by atoms with Crippen LogP contribution in [-0.4, -0.2) is 24.3 Å². The zero-order chi connectivity index (χ0) is 16.2. The van der Waals surface area contributed by atoms with Crippen LogP contribution in [0, 0.1) is 0 Å². The fourth-order valence-electron chi connectivity index (χ4n) is 1.78. The van der Waals surface area contributed by atoms with Gasteiger partial charge in [0.2, 0.25) is 0 Å². The summed E-state index contributed by atoms with van der Waals surface area (Å²) in [5.74, 6) is -1.41. The fraction of sp³-hybridized carbons (Fsp3) is 0.417. The summed E-state index contributed by atoms with van der Waals surface area (Å²) < 4.78 is 22.9. The highest BCUT2D eigenvalue weighted by Crippen LogP contribution is 2.63. The van der Waals surface area contributed by atoms with Crippen molar-refractivity contribution in [3.05, 3.63) is 32.8 Å². The molecule has 1 N–H and O–H groups in total. The molecule has 0 aromatic heterocycles. The number of hydrogen-bond acceptors (Lipinski definition) is 4. The Labute approximate surface area is 137 Å². The Hall–Kier alpha value is -0.290. The van der Waals surface area contributed by atoms with E-state index in [0.717, 1.165) is 0 Å². The number of benzene rings is 1. The summed E-state index contributed by atoms with van der Waals surface area (Å²) >= 11 is 17.8. The highest BCUT2D eigenvalue weighted by atomic mass is 35.5. The minimum atomic E-state index is -3.99. The van der Waals surface area contributed by atoms with E-state index in [4.69, 9.17) is 43.9 Å². The third kappa shape index (κ3) is 4.35. The first kappa shape index (κ1) is 18.8. The molecular formula is C12H14Cl3O5P. The fourth-order valence-corrected chi connectivity index (χ4v) is 4.92. The Morgan fingerprint density at radius 2 is 1.62 bits per heavy atom. The molecule has 0 spiro atoms. The summed E-state index contributed by atoms with van der Waals surface area (Å²) in [6.07, 6.45) is 0. The lowest BCUT2D eigenvalue weighted by Crippen LogP contribution is -2.16. The molecule has 0 fully saturated rings. The van der Waals surface area contributed by atoms with Crippen LogP contribution in [-0.2, 0) is 18.4 Å². The number of hydrogen-bond donors (Lipinski definition) is 1. The average Bonchev–Trinajstić information content (AvgIpc) is 2.33. The van der Waals surface area contributed by atoms with Crippen LogP contribution in [0.15, 0.2) is 12.1 Å². The smallest absolute Gasteiger partial charge is 0.349 e. The van der Waals surface area contributed by atoms with E-state index in [1.54, 1.807) is 13.8 Å². The largest absolute Gasteiger partial charge is 0.480 e. The maximum atomic E-state index is 12.8. The molecule has 1 aromatic rings. The van der Waals surface area contributed by atoms with Crippen molar-refractivity contribution in [1.29, 1.82) is 0 Å². The molecule has 1 aromatic carbocycles. The van der Waals surface area contributed by atoms with E-state index in [0.29, 0.717) is 0 Å². The second kappa shape index (κ2) is 7.82. The maximum Gasteiger partial charge on any atom is 0.349 e. The number of rotatable bonds is 7. The van der Waals surface area contributed by atoms with Gasteiger partial charge in [-0.25, -0.2) is 0 Å². The standard InChI is InChI=1S/C12H14Cl3O5P/c1-3-19-21(18,20-4-2)11(12(16)17)10-8(14)5-7(13)6-9(10)15/h5-6,11H,3-4H2,1-2H3,(H,16,17). The van der Waals surface area contributed by atoms with Crippen LogP contribution in [0.1, 0.15) is 25.1 Å². The molecule has 118 valence electrons. The molecule has 0 amide bonds. The Morgan fingerprint density at radius 1 is 1.19 bits per heavy atom. The zero-order valence-corrected chi connectivity index (χ0v) is 14.5. The molecule has 0 bridgehead atoms. The van der Waals surface area contributed by atoms with E-state index in [1.165, 1.54) is 12.1 Å². The minimum Gasteiger partial charge on any atom is -0.480 e. The molecule has 0 saturated heterocycles. The molecule has 0 radical (unpaired) electrons. The number of aliphatic carboxylic acids is 1. The molecule has 0 aliphatic rings. The number of carbonyl (C=O) groups is 1. The number of carboxylic acid groups (broad SMARTS) is 1. The molecule has 0 saturated carbocycles. The normalized spacial score (nSPS) is 13.2. The molecule has 1 unspecified atom stereocenters. The van der Waals surface area contributed by atoms with E-state index < -0.39 is 19.2 Å². The molecule has 5 nitrogen and oxygen atoms in total. The Balaban J connectivity index is 3.49. The van der Waals surface area contributed by atoms with Crippen molar-refractivity contribution in [2.24, 2.45) is 0 Å². The minimum absolute atomic E-state index is 0.0143. The molecule has 0 aliphatic carbocycles. The van der Waals surface area contributed by atoms with Crippen LogP contribution in [0.4, 0.5) is 0 Å². The summed E-state index contributed by atoms with van der Waals surface area (Å²) in [5.41, 5.74) is -1.67. The third-order valence-electron chi connectivity index (χ3n) is 2.49. The van der Waals surface area contributed by atoms with Gasteiger partial charge < -0.3 is 14.2 Å². The Morgan fingerprint density at radius 3 is 1.95 bits per heavy atom. The molecular weight excluding hydrogens is 361 g/mol. The van der Waals surface area contributed by atoms with E-state index >= 15 is 0 Å². The first-order valence-electron chi connectivity index (χ1n) is 6.02. The van der Waals surface area contributed by atoms with Crippen LogP contribution >= 0.6 is 42.4 Å². The molecule has 21 heavy (non-hydrogen) atoms. The average molecular weight is 376 g/mol. The summed E-state index contributed by atoms with van der Waals surface area (Å²) in [7, 11) is -3.99. The zero-order valence-electron chi connectivity index (χ0n) is 11.3. The molecule has 0 aliphatic heterocycles. The topological polar surface area (TPSA) is 72.8 Å². The van der Waals surface area contributed by atoms with Crippen molar-refractivity contribution >= 4 is 48.4 Å². The summed E-state index contributed by atoms with van der Waals surface area (Å²) in [4.78, 5) is 11.6. The van der Waals surface area contributed by atoms with Crippen molar-refractivity contribution in [2.75, 3.05) is 13.2 Å².